The number of anilines is 2. The molecule has 1 aliphatic rings. The van der Waals surface area contributed by atoms with Crippen molar-refractivity contribution in [2.24, 2.45) is 0 Å². The van der Waals surface area contributed by atoms with Crippen molar-refractivity contribution in [1.82, 2.24) is 0 Å². The molecule has 3 rings (SSSR count). The molecule has 1 heterocycles. The molecule has 2 N–H and O–H groups in total. The van der Waals surface area contributed by atoms with Gasteiger partial charge in [-0.05, 0) is 31.2 Å². The lowest BCUT2D eigenvalue weighted by atomic mass is 10.2. The van der Waals surface area contributed by atoms with Crippen LogP contribution in [0.5, 0.6) is 11.5 Å². The zero-order valence-electron chi connectivity index (χ0n) is 12.6. The molecule has 23 heavy (non-hydrogen) atoms. The van der Waals surface area contributed by atoms with Gasteiger partial charge in [0.1, 0.15) is 25.1 Å². The van der Waals surface area contributed by atoms with Gasteiger partial charge >= 0.3 is 0 Å². The summed E-state index contributed by atoms with van der Waals surface area (Å²) < 4.78 is 24.5. The van der Waals surface area contributed by atoms with Crippen LogP contribution in [0.4, 0.5) is 15.8 Å². The van der Waals surface area contributed by atoms with Crippen LogP contribution in [-0.4, -0.2) is 25.2 Å². The number of carbonyl (C=O) groups excluding carboxylic acids is 1. The molecule has 0 spiro atoms. The number of hydrogen-bond donors (Lipinski definition) is 2. The van der Waals surface area contributed by atoms with E-state index in [1.54, 1.807) is 37.3 Å². The van der Waals surface area contributed by atoms with E-state index in [1.807, 2.05) is 0 Å². The summed E-state index contributed by atoms with van der Waals surface area (Å²) in [5.41, 5.74) is 0.888. The molecule has 6 heteroatoms. The summed E-state index contributed by atoms with van der Waals surface area (Å²) in [7, 11) is 0. The molecule has 1 amide bonds. The topological polar surface area (TPSA) is 59.6 Å². The molecule has 2 aromatic rings. The molecule has 1 aliphatic heterocycles. The molecule has 0 saturated carbocycles. The van der Waals surface area contributed by atoms with Crippen LogP contribution in [0.15, 0.2) is 42.5 Å². The van der Waals surface area contributed by atoms with Crippen molar-refractivity contribution < 1.29 is 18.7 Å². The molecule has 0 aromatic heterocycles. The Kier molecular flexibility index (Phi) is 4.32. The summed E-state index contributed by atoms with van der Waals surface area (Å²) in [5.74, 6) is 0.533. The first-order valence-corrected chi connectivity index (χ1v) is 7.35. The minimum absolute atomic E-state index is 0.160. The fourth-order valence-corrected chi connectivity index (χ4v) is 2.25. The van der Waals surface area contributed by atoms with Crippen molar-refractivity contribution in [3.05, 3.63) is 48.3 Å². The Labute approximate surface area is 133 Å². The largest absolute Gasteiger partial charge is 0.486 e. The molecule has 2 aromatic carbocycles. The van der Waals surface area contributed by atoms with Gasteiger partial charge in [0.15, 0.2) is 11.5 Å². The molecule has 0 saturated heterocycles. The van der Waals surface area contributed by atoms with E-state index >= 15 is 0 Å². The number of halogens is 1. The lowest BCUT2D eigenvalue weighted by molar-refractivity contribution is -0.116. The van der Waals surface area contributed by atoms with Gasteiger partial charge in [-0.3, -0.25) is 4.79 Å². The lowest BCUT2D eigenvalue weighted by Gasteiger charge is -2.20. The highest BCUT2D eigenvalue weighted by Gasteiger charge is 2.16. The van der Waals surface area contributed by atoms with Gasteiger partial charge in [-0.15, -0.1) is 0 Å². The number of para-hydroxylation sites is 1. The Bertz CT molecular complexity index is 721. The first kappa shape index (κ1) is 15.1. The molecule has 0 aliphatic carbocycles. The SMILES string of the molecule is CC(Nc1ccc2c(c1)OCCO2)C(=O)Nc1ccccc1F. The number of amides is 1. The van der Waals surface area contributed by atoms with E-state index in [2.05, 4.69) is 10.6 Å². The van der Waals surface area contributed by atoms with Crippen molar-refractivity contribution >= 4 is 17.3 Å². The number of benzene rings is 2. The van der Waals surface area contributed by atoms with E-state index in [0.29, 0.717) is 24.7 Å². The highest BCUT2D eigenvalue weighted by atomic mass is 19.1. The van der Waals surface area contributed by atoms with Crippen LogP contribution >= 0.6 is 0 Å². The number of fused-ring (bicyclic) bond motifs is 1. The smallest absolute Gasteiger partial charge is 0.246 e. The summed E-state index contributed by atoms with van der Waals surface area (Å²) >= 11 is 0. The summed E-state index contributed by atoms with van der Waals surface area (Å²) in [6.07, 6.45) is 0. The van der Waals surface area contributed by atoms with E-state index in [0.717, 1.165) is 5.69 Å². The summed E-state index contributed by atoms with van der Waals surface area (Å²) in [6, 6.07) is 10.9. The average Bonchev–Trinajstić information content (AvgIpc) is 2.56. The van der Waals surface area contributed by atoms with Gasteiger partial charge in [0.05, 0.1) is 5.69 Å². The summed E-state index contributed by atoms with van der Waals surface area (Å²) in [4.78, 5) is 12.2. The fourth-order valence-electron chi connectivity index (χ4n) is 2.25. The van der Waals surface area contributed by atoms with Crippen molar-refractivity contribution in [3.8, 4) is 11.5 Å². The molecule has 5 nitrogen and oxygen atoms in total. The Balaban J connectivity index is 1.65. The zero-order chi connectivity index (χ0) is 16.2. The Hall–Kier alpha value is -2.76. The number of rotatable bonds is 4. The number of carbonyl (C=O) groups is 1. The predicted octanol–water partition coefficient (Wildman–Crippen LogP) is 3.04. The maximum absolute atomic E-state index is 13.6. The van der Waals surface area contributed by atoms with E-state index in [-0.39, 0.29) is 11.6 Å². The van der Waals surface area contributed by atoms with Crippen LogP contribution in [0.3, 0.4) is 0 Å². The Morgan fingerprint density at radius 3 is 2.65 bits per heavy atom. The second kappa shape index (κ2) is 6.56. The van der Waals surface area contributed by atoms with Gasteiger partial charge in [-0.25, -0.2) is 4.39 Å². The van der Waals surface area contributed by atoms with Gasteiger partial charge < -0.3 is 20.1 Å². The van der Waals surface area contributed by atoms with Crippen molar-refractivity contribution in [1.29, 1.82) is 0 Å². The van der Waals surface area contributed by atoms with E-state index in [4.69, 9.17) is 9.47 Å². The molecular formula is C17H17FN2O3. The normalized spacial score (nSPS) is 14.0. The first-order valence-electron chi connectivity index (χ1n) is 7.35. The second-order valence-electron chi connectivity index (χ2n) is 5.19. The van der Waals surface area contributed by atoms with Gasteiger partial charge in [0.25, 0.3) is 0 Å². The average molecular weight is 316 g/mol. The third-order valence-corrected chi connectivity index (χ3v) is 3.45. The third-order valence-electron chi connectivity index (χ3n) is 3.45. The van der Waals surface area contributed by atoms with E-state index < -0.39 is 11.9 Å². The number of hydrogen-bond acceptors (Lipinski definition) is 4. The molecule has 120 valence electrons. The lowest BCUT2D eigenvalue weighted by Crippen LogP contribution is -2.32. The number of ether oxygens (including phenoxy) is 2. The summed E-state index contributed by atoms with van der Waals surface area (Å²) in [5, 5.41) is 5.62. The first-order chi connectivity index (χ1) is 11.1. The van der Waals surface area contributed by atoms with Crippen LogP contribution in [-0.2, 0) is 4.79 Å². The highest BCUT2D eigenvalue weighted by molar-refractivity contribution is 5.96. The minimum atomic E-state index is -0.544. The van der Waals surface area contributed by atoms with Gasteiger partial charge in [0, 0.05) is 11.8 Å². The van der Waals surface area contributed by atoms with Crippen LogP contribution < -0.4 is 20.1 Å². The van der Waals surface area contributed by atoms with Gasteiger partial charge in [-0.2, -0.15) is 0 Å². The second-order valence-corrected chi connectivity index (χ2v) is 5.19. The number of nitrogens with one attached hydrogen (secondary N) is 2. The molecule has 1 atom stereocenters. The minimum Gasteiger partial charge on any atom is -0.486 e. The zero-order valence-corrected chi connectivity index (χ0v) is 12.6. The van der Waals surface area contributed by atoms with Crippen molar-refractivity contribution in [3.63, 3.8) is 0 Å². The Morgan fingerprint density at radius 2 is 1.87 bits per heavy atom. The van der Waals surface area contributed by atoms with E-state index in [9.17, 15) is 9.18 Å². The van der Waals surface area contributed by atoms with Crippen LogP contribution in [0, 0.1) is 5.82 Å². The molecule has 0 fully saturated rings. The maximum Gasteiger partial charge on any atom is 0.246 e. The van der Waals surface area contributed by atoms with Crippen LogP contribution in [0.2, 0.25) is 0 Å². The Morgan fingerprint density at radius 1 is 1.13 bits per heavy atom. The maximum atomic E-state index is 13.6. The molecule has 0 bridgehead atoms. The third kappa shape index (κ3) is 3.53. The van der Waals surface area contributed by atoms with Crippen molar-refractivity contribution in [2.45, 2.75) is 13.0 Å². The van der Waals surface area contributed by atoms with Gasteiger partial charge in [0.2, 0.25) is 5.91 Å². The van der Waals surface area contributed by atoms with Crippen LogP contribution in [0.25, 0.3) is 0 Å². The quantitative estimate of drug-likeness (QED) is 0.910. The predicted molar refractivity (Wildman–Crippen MR) is 85.5 cm³/mol. The van der Waals surface area contributed by atoms with Crippen LogP contribution in [0.1, 0.15) is 6.92 Å². The molecule has 1 unspecified atom stereocenters. The van der Waals surface area contributed by atoms with Gasteiger partial charge in [-0.1, -0.05) is 12.1 Å². The summed E-state index contributed by atoms with van der Waals surface area (Å²) in [6.45, 7) is 2.73. The monoisotopic (exact) mass is 316 g/mol. The highest BCUT2D eigenvalue weighted by Crippen LogP contribution is 2.32. The standard InChI is InChI=1S/C17H17FN2O3/c1-11(17(21)20-14-5-3-2-4-13(14)18)19-12-6-7-15-16(10-12)23-9-8-22-15/h2-7,10-11,19H,8-9H2,1H3,(H,20,21). The fraction of sp³-hybridized carbons (Fsp3) is 0.235. The molecule has 0 radical (unpaired) electrons. The van der Waals surface area contributed by atoms with Crippen molar-refractivity contribution in [2.75, 3.05) is 23.8 Å². The molecular weight excluding hydrogens is 299 g/mol. The van der Waals surface area contributed by atoms with E-state index in [1.165, 1.54) is 12.1 Å².